The number of aliphatic carboxylic acids is 1. The SMILES string of the molecule is Cc1cc(C(=O)NCc2cc(Br)cs2)sc1/C=C/C(=O)O. The minimum absolute atomic E-state index is 0.150. The molecule has 0 saturated carbocycles. The Kier molecular flexibility index (Phi) is 5.33. The van der Waals surface area contributed by atoms with Crippen LogP contribution in [0.25, 0.3) is 6.08 Å². The Morgan fingerprint density at radius 2 is 2.19 bits per heavy atom. The molecule has 2 aromatic rings. The summed E-state index contributed by atoms with van der Waals surface area (Å²) in [4.78, 5) is 25.0. The zero-order chi connectivity index (χ0) is 15.4. The molecule has 0 radical (unpaired) electrons. The molecular formula is C14H12BrNO3S2. The van der Waals surface area contributed by atoms with Crippen molar-refractivity contribution in [2.24, 2.45) is 0 Å². The first-order valence-corrected chi connectivity index (χ1v) is 8.47. The van der Waals surface area contributed by atoms with E-state index in [1.165, 1.54) is 17.4 Å². The monoisotopic (exact) mass is 385 g/mol. The number of carboxylic acids is 1. The van der Waals surface area contributed by atoms with Crippen molar-refractivity contribution < 1.29 is 14.7 Å². The van der Waals surface area contributed by atoms with Crippen molar-refractivity contribution in [1.82, 2.24) is 5.32 Å². The predicted octanol–water partition coefficient (Wildman–Crippen LogP) is 3.91. The molecule has 2 aromatic heterocycles. The Balaban J connectivity index is 2.02. The first-order chi connectivity index (χ1) is 9.95. The van der Waals surface area contributed by atoms with Gasteiger partial charge in [0.2, 0.25) is 0 Å². The first-order valence-electron chi connectivity index (χ1n) is 5.98. The highest BCUT2D eigenvalue weighted by molar-refractivity contribution is 9.10. The van der Waals surface area contributed by atoms with Gasteiger partial charge in [-0.15, -0.1) is 22.7 Å². The summed E-state index contributed by atoms with van der Waals surface area (Å²) in [6, 6.07) is 3.73. The van der Waals surface area contributed by atoms with Gasteiger partial charge in [0.1, 0.15) is 0 Å². The molecule has 110 valence electrons. The standard InChI is InChI=1S/C14H12BrNO3S2/c1-8-4-12(21-11(8)2-3-13(17)18)14(19)16-6-10-5-9(15)7-20-10/h2-5,7H,6H2,1H3,(H,16,19)(H,17,18)/b3-2+. The average Bonchev–Trinajstić information content (AvgIpc) is 3.00. The van der Waals surface area contributed by atoms with Gasteiger partial charge in [-0.25, -0.2) is 4.79 Å². The Bertz CT molecular complexity index is 703. The highest BCUT2D eigenvalue weighted by Gasteiger charge is 2.11. The number of carbonyl (C=O) groups is 2. The molecule has 0 aliphatic rings. The number of halogens is 1. The number of aryl methyl sites for hydroxylation is 1. The van der Waals surface area contributed by atoms with Crippen molar-refractivity contribution in [3.8, 4) is 0 Å². The molecule has 0 aromatic carbocycles. The summed E-state index contributed by atoms with van der Waals surface area (Å²) < 4.78 is 1.00. The van der Waals surface area contributed by atoms with E-state index in [-0.39, 0.29) is 5.91 Å². The van der Waals surface area contributed by atoms with Gasteiger partial charge in [0.05, 0.1) is 11.4 Å². The van der Waals surface area contributed by atoms with E-state index in [0.717, 1.165) is 25.9 Å². The van der Waals surface area contributed by atoms with Gasteiger partial charge < -0.3 is 10.4 Å². The van der Waals surface area contributed by atoms with Gasteiger partial charge in [0.15, 0.2) is 0 Å². The smallest absolute Gasteiger partial charge is 0.328 e. The van der Waals surface area contributed by atoms with Gasteiger partial charge in [0, 0.05) is 25.7 Å². The molecule has 0 saturated heterocycles. The van der Waals surface area contributed by atoms with E-state index in [4.69, 9.17) is 5.11 Å². The molecule has 0 aliphatic carbocycles. The molecule has 21 heavy (non-hydrogen) atoms. The van der Waals surface area contributed by atoms with Crippen LogP contribution in [0.4, 0.5) is 0 Å². The number of nitrogens with one attached hydrogen (secondary N) is 1. The summed E-state index contributed by atoms with van der Waals surface area (Å²) in [6.07, 6.45) is 2.58. The summed E-state index contributed by atoms with van der Waals surface area (Å²) in [7, 11) is 0. The molecule has 0 fully saturated rings. The van der Waals surface area contributed by atoms with Crippen LogP contribution in [-0.4, -0.2) is 17.0 Å². The highest BCUT2D eigenvalue weighted by atomic mass is 79.9. The summed E-state index contributed by atoms with van der Waals surface area (Å²) in [5, 5.41) is 13.4. The van der Waals surface area contributed by atoms with Crippen molar-refractivity contribution in [1.29, 1.82) is 0 Å². The van der Waals surface area contributed by atoms with Crippen molar-refractivity contribution in [3.63, 3.8) is 0 Å². The molecule has 0 atom stereocenters. The van der Waals surface area contributed by atoms with Crippen LogP contribution in [0.3, 0.4) is 0 Å². The van der Waals surface area contributed by atoms with Crippen LogP contribution in [-0.2, 0) is 11.3 Å². The van der Waals surface area contributed by atoms with Gasteiger partial charge >= 0.3 is 5.97 Å². The average molecular weight is 386 g/mol. The van der Waals surface area contributed by atoms with Crippen molar-refractivity contribution in [2.75, 3.05) is 0 Å². The zero-order valence-electron chi connectivity index (χ0n) is 11.1. The van der Waals surface area contributed by atoms with Crippen LogP contribution in [0, 0.1) is 6.92 Å². The minimum atomic E-state index is -1.00. The van der Waals surface area contributed by atoms with E-state index >= 15 is 0 Å². The Labute approximate surface area is 138 Å². The molecule has 0 unspecified atom stereocenters. The van der Waals surface area contributed by atoms with Crippen LogP contribution in [0.5, 0.6) is 0 Å². The van der Waals surface area contributed by atoms with Crippen molar-refractivity contribution in [3.05, 3.63) is 48.3 Å². The van der Waals surface area contributed by atoms with E-state index in [1.54, 1.807) is 17.4 Å². The number of thiophene rings is 2. The normalized spacial score (nSPS) is 11.0. The molecule has 2 rings (SSSR count). The van der Waals surface area contributed by atoms with Crippen LogP contribution in [0.15, 0.2) is 28.1 Å². The fraction of sp³-hybridized carbons (Fsp3) is 0.143. The van der Waals surface area contributed by atoms with Crippen LogP contribution in [0.2, 0.25) is 0 Å². The maximum atomic E-state index is 12.1. The van der Waals surface area contributed by atoms with E-state index in [1.807, 2.05) is 18.4 Å². The zero-order valence-corrected chi connectivity index (χ0v) is 14.3. The largest absolute Gasteiger partial charge is 0.478 e. The second kappa shape index (κ2) is 7.02. The second-order valence-corrected chi connectivity index (χ2v) is 7.24. The lowest BCUT2D eigenvalue weighted by atomic mass is 10.2. The third-order valence-corrected chi connectivity index (χ3v) is 5.50. The topological polar surface area (TPSA) is 66.4 Å². The molecule has 2 N–H and O–H groups in total. The van der Waals surface area contributed by atoms with Gasteiger partial charge in [-0.1, -0.05) is 0 Å². The Hall–Kier alpha value is -1.44. The van der Waals surface area contributed by atoms with Gasteiger partial charge in [-0.2, -0.15) is 0 Å². The lowest BCUT2D eigenvalue weighted by Gasteiger charge is -2.00. The number of carbonyl (C=O) groups excluding carboxylic acids is 1. The number of rotatable bonds is 5. The summed E-state index contributed by atoms with van der Waals surface area (Å²) >= 11 is 6.22. The Morgan fingerprint density at radius 1 is 1.43 bits per heavy atom. The third kappa shape index (κ3) is 4.52. The molecule has 2 heterocycles. The van der Waals surface area contributed by atoms with Gasteiger partial charge in [-0.05, 0) is 46.6 Å². The van der Waals surface area contributed by atoms with E-state index < -0.39 is 5.97 Å². The molecule has 0 spiro atoms. The van der Waals surface area contributed by atoms with Crippen LogP contribution < -0.4 is 5.32 Å². The number of hydrogen-bond donors (Lipinski definition) is 2. The molecule has 4 nitrogen and oxygen atoms in total. The number of amides is 1. The molecule has 7 heteroatoms. The second-order valence-electron chi connectivity index (χ2n) is 4.24. The fourth-order valence-electron chi connectivity index (χ4n) is 1.62. The van der Waals surface area contributed by atoms with E-state index in [9.17, 15) is 9.59 Å². The molecule has 0 bridgehead atoms. The molecule has 0 aliphatic heterocycles. The van der Waals surface area contributed by atoms with Crippen molar-refractivity contribution in [2.45, 2.75) is 13.5 Å². The molecular weight excluding hydrogens is 374 g/mol. The predicted molar refractivity (Wildman–Crippen MR) is 88.9 cm³/mol. The summed E-state index contributed by atoms with van der Waals surface area (Å²) in [6.45, 7) is 2.33. The lowest BCUT2D eigenvalue weighted by Crippen LogP contribution is -2.21. The van der Waals surface area contributed by atoms with Crippen LogP contribution >= 0.6 is 38.6 Å². The van der Waals surface area contributed by atoms with Gasteiger partial charge in [-0.3, -0.25) is 4.79 Å². The minimum Gasteiger partial charge on any atom is -0.478 e. The van der Waals surface area contributed by atoms with Gasteiger partial charge in [0.25, 0.3) is 5.91 Å². The quantitative estimate of drug-likeness (QED) is 0.766. The maximum Gasteiger partial charge on any atom is 0.328 e. The Morgan fingerprint density at radius 3 is 2.81 bits per heavy atom. The number of carboxylic acid groups (broad SMARTS) is 1. The van der Waals surface area contributed by atoms with Crippen molar-refractivity contribution >= 4 is 56.6 Å². The molecule has 1 amide bonds. The van der Waals surface area contributed by atoms with Crippen LogP contribution in [0.1, 0.15) is 25.0 Å². The third-order valence-electron chi connectivity index (χ3n) is 2.60. The van der Waals surface area contributed by atoms with E-state index in [2.05, 4.69) is 21.2 Å². The fourth-order valence-corrected chi connectivity index (χ4v) is 4.01. The lowest BCUT2D eigenvalue weighted by molar-refractivity contribution is -0.131. The maximum absolute atomic E-state index is 12.1. The summed E-state index contributed by atoms with van der Waals surface area (Å²) in [5.41, 5.74) is 0.890. The van der Waals surface area contributed by atoms with E-state index in [0.29, 0.717) is 11.4 Å². The highest BCUT2D eigenvalue weighted by Crippen LogP contribution is 2.24. The first kappa shape index (κ1) is 15.9. The number of hydrogen-bond acceptors (Lipinski definition) is 4. The summed E-state index contributed by atoms with van der Waals surface area (Å²) in [5.74, 6) is -1.15.